The largest absolute Gasteiger partial charge is 0.484 e. The van der Waals surface area contributed by atoms with Crippen LogP contribution in [0.15, 0.2) is 24.3 Å². The summed E-state index contributed by atoms with van der Waals surface area (Å²) in [7, 11) is 0. The maximum absolute atomic E-state index is 12.1. The third kappa shape index (κ3) is 5.10. The molecule has 1 saturated heterocycles. The van der Waals surface area contributed by atoms with Crippen LogP contribution in [0.2, 0.25) is 0 Å². The zero-order valence-corrected chi connectivity index (χ0v) is 12.4. The van der Waals surface area contributed by atoms with Gasteiger partial charge in [-0.1, -0.05) is 18.9 Å². The van der Waals surface area contributed by atoms with Crippen LogP contribution in [-0.2, 0) is 9.59 Å². The van der Waals surface area contributed by atoms with Crippen LogP contribution >= 0.6 is 0 Å². The molecule has 114 valence electrons. The summed E-state index contributed by atoms with van der Waals surface area (Å²) >= 11 is 0. The molecular formula is C16H22N2O3. The third-order valence-corrected chi connectivity index (χ3v) is 3.48. The molecule has 1 aliphatic rings. The minimum absolute atomic E-state index is 0.0295. The van der Waals surface area contributed by atoms with Crippen molar-refractivity contribution in [3.05, 3.63) is 24.3 Å². The van der Waals surface area contributed by atoms with Gasteiger partial charge in [0.25, 0.3) is 5.91 Å². The van der Waals surface area contributed by atoms with Crippen molar-refractivity contribution in [1.29, 1.82) is 0 Å². The van der Waals surface area contributed by atoms with Gasteiger partial charge in [-0.15, -0.1) is 0 Å². The molecule has 0 bridgehead atoms. The normalized spacial score (nSPS) is 15.2. The number of nitrogens with one attached hydrogen (secondary N) is 1. The first kappa shape index (κ1) is 15.4. The molecule has 0 saturated carbocycles. The number of nitrogens with zero attached hydrogens (tertiary/aromatic N) is 1. The Morgan fingerprint density at radius 1 is 1.19 bits per heavy atom. The van der Waals surface area contributed by atoms with Gasteiger partial charge in [-0.3, -0.25) is 9.59 Å². The lowest BCUT2D eigenvalue weighted by atomic mass is 10.2. The Morgan fingerprint density at radius 3 is 2.57 bits per heavy atom. The third-order valence-electron chi connectivity index (χ3n) is 3.48. The van der Waals surface area contributed by atoms with Crippen LogP contribution in [0, 0.1) is 0 Å². The minimum Gasteiger partial charge on any atom is -0.484 e. The molecule has 5 nitrogen and oxygen atoms in total. The second kappa shape index (κ2) is 7.67. The van der Waals surface area contributed by atoms with Gasteiger partial charge >= 0.3 is 0 Å². The Bertz CT molecular complexity index is 494. The number of rotatable bonds is 4. The number of carbonyl (C=O) groups excluding carboxylic acids is 2. The number of hydrogen-bond donors (Lipinski definition) is 1. The highest BCUT2D eigenvalue weighted by atomic mass is 16.5. The number of anilines is 1. The van der Waals surface area contributed by atoms with Crippen LogP contribution in [0.1, 0.15) is 32.6 Å². The van der Waals surface area contributed by atoms with Crippen LogP contribution in [0.25, 0.3) is 0 Å². The van der Waals surface area contributed by atoms with E-state index in [0.717, 1.165) is 25.9 Å². The zero-order chi connectivity index (χ0) is 15.1. The molecule has 1 aromatic rings. The van der Waals surface area contributed by atoms with E-state index in [4.69, 9.17) is 4.74 Å². The lowest BCUT2D eigenvalue weighted by molar-refractivity contribution is -0.133. The molecule has 0 spiro atoms. The van der Waals surface area contributed by atoms with Gasteiger partial charge in [0.2, 0.25) is 5.91 Å². The molecule has 0 unspecified atom stereocenters. The van der Waals surface area contributed by atoms with Crippen LogP contribution in [0.5, 0.6) is 5.75 Å². The summed E-state index contributed by atoms with van der Waals surface area (Å²) < 4.78 is 5.54. The average molecular weight is 290 g/mol. The Kier molecular flexibility index (Phi) is 5.60. The Balaban J connectivity index is 1.86. The maximum Gasteiger partial charge on any atom is 0.260 e. The minimum atomic E-state index is -0.132. The summed E-state index contributed by atoms with van der Waals surface area (Å²) in [5.41, 5.74) is 0.669. The molecule has 0 atom stereocenters. The van der Waals surface area contributed by atoms with Crippen molar-refractivity contribution in [2.75, 3.05) is 25.0 Å². The van der Waals surface area contributed by atoms with Crippen LogP contribution < -0.4 is 10.1 Å². The van der Waals surface area contributed by atoms with E-state index in [1.54, 1.807) is 24.3 Å². The van der Waals surface area contributed by atoms with E-state index in [1.807, 2.05) is 4.90 Å². The van der Waals surface area contributed by atoms with Crippen LogP contribution in [0.3, 0.4) is 0 Å². The number of ether oxygens (including phenoxy) is 1. The summed E-state index contributed by atoms with van der Waals surface area (Å²) in [6, 6.07) is 7.07. The van der Waals surface area contributed by atoms with Gasteiger partial charge in [0, 0.05) is 31.8 Å². The highest BCUT2D eigenvalue weighted by Gasteiger charge is 2.15. The molecule has 1 aliphatic heterocycles. The fraction of sp³-hybridized carbons (Fsp3) is 0.500. The highest BCUT2D eigenvalue weighted by Crippen LogP contribution is 2.17. The van der Waals surface area contributed by atoms with Crippen molar-refractivity contribution in [3.63, 3.8) is 0 Å². The fourth-order valence-corrected chi connectivity index (χ4v) is 2.42. The van der Waals surface area contributed by atoms with E-state index in [2.05, 4.69) is 5.32 Å². The molecule has 1 fully saturated rings. The first-order valence-corrected chi connectivity index (χ1v) is 7.43. The summed E-state index contributed by atoms with van der Waals surface area (Å²) in [6.07, 6.45) is 4.54. The number of carbonyl (C=O) groups is 2. The molecule has 1 heterocycles. The predicted octanol–water partition coefficient (Wildman–Crippen LogP) is 2.43. The van der Waals surface area contributed by atoms with Gasteiger partial charge in [-0.2, -0.15) is 0 Å². The molecule has 5 heteroatoms. The summed E-state index contributed by atoms with van der Waals surface area (Å²) in [5.74, 6) is 0.485. The van der Waals surface area contributed by atoms with E-state index in [0.29, 0.717) is 11.4 Å². The monoisotopic (exact) mass is 290 g/mol. The van der Waals surface area contributed by atoms with E-state index < -0.39 is 0 Å². The van der Waals surface area contributed by atoms with E-state index in [1.165, 1.54) is 19.8 Å². The number of benzene rings is 1. The second-order valence-electron chi connectivity index (χ2n) is 5.29. The Labute approximate surface area is 125 Å². The standard InChI is InChI=1S/C16H22N2O3/c1-13(19)17-14-7-6-8-15(11-14)21-12-16(20)18-9-4-2-3-5-10-18/h6-8,11H,2-5,9-10,12H2,1H3,(H,17,19). The predicted molar refractivity (Wildman–Crippen MR) is 81.3 cm³/mol. The molecule has 0 aromatic heterocycles. The van der Waals surface area contributed by atoms with E-state index in [-0.39, 0.29) is 18.4 Å². The Hall–Kier alpha value is -2.04. The van der Waals surface area contributed by atoms with Crippen molar-refractivity contribution in [3.8, 4) is 5.75 Å². The average Bonchev–Trinajstić information content (AvgIpc) is 2.73. The topological polar surface area (TPSA) is 58.6 Å². The zero-order valence-electron chi connectivity index (χ0n) is 12.4. The van der Waals surface area contributed by atoms with Crippen LogP contribution in [0.4, 0.5) is 5.69 Å². The molecule has 0 radical (unpaired) electrons. The van der Waals surface area contributed by atoms with Crippen molar-refractivity contribution >= 4 is 17.5 Å². The highest BCUT2D eigenvalue weighted by molar-refractivity contribution is 5.88. The van der Waals surface area contributed by atoms with Crippen molar-refractivity contribution in [2.45, 2.75) is 32.6 Å². The van der Waals surface area contributed by atoms with Crippen molar-refractivity contribution < 1.29 is 14.3 Å². The molecule has 1 aromatic carbocycles. The molecule has 1 N–H and O–H groups in total. The lowest BCUT2D eigenvalue weighted by Crippen LogP contribution is -2.35. The van der Waals surface area contributed by atoms with E-state index in [9.17, 15) is 9.59 Å². The van der Waals surface area contributed by atoms with Crippen molar-refractivity contribution in [1.82, 2.24) is 4.90 Å². The maximum atomic E-state index is 12.1. The van der Waals surface area contributed by atoms with Gasteiger partial charge in [0.05, 0.1) is 0 Å². The van der Waals surface area contributed by atoms with Gasteiger partial charge < -0.3 is 15.0 Å². The van der Waals surface area contributed by atoms with Gasteiger partial charge in [0.15, 0.2) is 6.61 Å². The molecule has 0 aliphatic carbocycles. The molecule has 2 amide bonds. The summed E-state index contributed by atoms with van der Waals surface area (Å²) in [4.78, 5) is 25.0. The molecule has 2 rings (SSSR count). The molecular weight excluding hydrogens is 268 g/mol. The van der Waals surface area contributed by atoms with Gasteiger partial charge in [-0.05, 0) is 25.0 Å². The Morgan fingerprint density at radius 2 is 1.90 bits per heavy atom. The number of amides is 2. The quantitative estimate of drug-likeness (QED) is 0.926. The summed E-state index contributed by atoms with van der Waals surface area (Å²) in [5, 5.41) is 2.69. The second-order valence-corrected chi connectivity index (χ2v) is 5.29. The van der Waals surface area contributed by atoms with Gasteiger partial charge in [0.1, 0.15) is 5.75 Å². The fourth-order valence-electron chi connectivity index (χ4n) is 2.42. The van der Waals surface area contributed by atoms with Crippen molar-refractivity contribution in [2.24, 2.45) is 0 Å². The van der Waals surface area contributed by atoms with E-state index >= 15 is 0 Å². The molecule has 21 heavy (non-hydrogen) atoms. The first-order chi connectivity index (χ1) is 10.1. The number of likely N-dealkylation sites (tertiary alicyclic amines) is 1. The lowest BCUT2D eigenvalue weighted by Gasteiger charge is -2.20. The smallest absolute Gasteiger partial charge is 0.260 e. The van der Waals surface area contributed by atoms with Crippen LogP contribution in [-0.4, -0.2) is 36.4 Å². The van der Waals surface area contributed by atoms with Gasteiger partial charge in [-0.25, -0.2) is 0 Å². The summed E-state index contributed by atoms with van der Waals surface area (Å²) in [6.45, 7) is 3.15. The first-order valence-electron chi connectivity index (χ1n) is 7.43. The SMILES string of the molecule is CC(=O)Nc1cccc(OCC(=O)N2CCCCCC2)c1. The number of hydrogen-bond acceptors (Lipinski definition) is 3.